The zero-order chi connectivity index (χ0) is 11.8. The van der Waals surface area contributed by atoms with Gasteiger partial charge in [-0.15, -0.1) is 0 Å². The van der Waals surface area contributed by atoms with Gasteiger partial charge in [0.1, 0.15) is 5.75 Å². The first-order chi connectivity index (χ1) is 7.74. The van der Waals surface area contributed by atoms with Gasteiger partial charge < -0.3 is 10.8 Å². The van der Waals surface area contributed by atoms with E-state index < -0.39 is 0 Å². The second kappa shape index (κ2) is 6.88. The smallest absolute Gasteiger partial charge is 0.120 e. The summed E-state index contributed by atoms with van der Waals surface area (Å²) >= 11 is 5.54. The van der Waals surface area contributed by atoms with Gasteiger partial charge in [-0.3, -0.25) is 0 Å². The summed E-state index contributed by atoms with van der Waals surface area (Å²) in [6, 6.07) is 16.5. The molecule has 0 fully saturated rings. The van der Waals surface area contributed by atoms with E-state index in [4.69, 9.17) is 22.4 Å². The van der Waals surface area contributed by atoms with Crippen molar-refractivity contribution >= 4 is 11.6 Å². The summed E-state index contributed by atoms with van der Waals surface area (Å²) in [6.45, 7) is 0.396. The average molecular weight is 236 g/mol. The molecule has 0 aromatic heterocycles. The zero-order valence-electron chi connectivity index (χ0n) is 8.81. The van der Waals surface area contributed by atoms with E-state index in [1.165, 1.54) is 0 Å². The molecule has 0 heterocycles. The van der Waals surface area contributed by atoms with Crippen LogP contribution in [0.25, 0.3) is 0 Å². The Morgan fingerprint density at radius 2 is 1.50 bits per heavy atom. The van der Waals surface area contributed by atoms with Gasteiger partial charge in [0.15, 0.2) is 0 Å². The maximum Gasteiger partial charge on any atom is 0.120 e. The van der Waals surface area contributed by atoms with E-state index >= 15 is 0 Å². The molecule has 2 aromatic rings. The largest absolute Gasteiger partial charge is 0.508 e. The van der Waals surface area contributed by atoms with Crippen molar-refractivity contribution in [3.63, 3.8) is 0 Å². The number of nitrogens with two attached hydrogens (primary N) is 1. The van der Waals surface area contributed by atoms with Crippen molar-refractivity contribution in [2.24, 2.45) is 5.73 Å². The Morgan fingerprint density at radius 1 is 0.938 bits per heavy atom. The van der Waals surface area contributed by atoms with Gasteiger partial charge >= 0.3 is 0 Å². The maximum absolute atomic E-state index is 9.03. The van der Waals surface area contributed by atoms with Gasteiger partial charge in [-0.05, 0) is 18.2 Å². The number of phenols is 1. The lowest BCUT2D eigenvalue weighted by molar-refractivity contribution is 0.468. The van der Waals surface area contributed by atoms with Crippen molar-refractivity contribution in [3.05, 3.63) is 65.2 Å². The summed E-state index contributed by atoms with van der Waals surface area (Å²) in [5.74, 6) is 0.278. The maximum atomic E-state index is 9.03. The third-order valence-electron chi connectivity index (χ3n) is 1.94. The number of benzene rings is 2. The lowest BCUT2D eigenvalue weighted by atomic mass is 10.2. The third-order valence-corrected chi connectivity index (χ3v) is 2.20. The van der Waals surface area contributed by atoms with Crippen molar-refractivity contribution in [2.45, 2.75) is 6.54 Å². The Morgan fingerprint density at radius 3 is 1.88 bits per heavy atom. The van der Waals surface area contributed by atoms with Crippen LogP contribution in [0.15, 0.2) is 54.6 Å². The van der Waals surface area contributed by atoms with Crippen LogP contribution in [0.5, 0.6) is 5.75 Å². The van der Waals surface area contributed by atoms with Crippen LogP contribution < -0.4 is 5.73 Å². The molecule has 2 aromatic carbocycles. The van der Waals surface area contributed by atoms with E-state index in [1.54, 1.807) is 18.2 Å². The van der Waals surface area contributed by atoms with E-state index in [9.17, 15) is 0 Å². The SMILES string of the molecule is Clc1ccccc1.NCc1ccccc1O. The van der Waals surface area contributed by atoms with Crippen LogP contribution in [0, 0.1) is 0 Å². The molecular weight excluding hydrogens is 222 g/mol. The number of halogens is 1. The summed E-state index contributed by atoms with van der Waals surface area (Å²) in [7, 11) is 0. The van der Waals surface area contributed by atoms with Crippen molar-refractivity contribution in [3.8, 4) is 5.75 Å². The summed E-state index contributed by atoms with van der Waals surface area (Å²) in [5, 5.41) is 9.82. The van der Waals surface area contributed by atoms with E-state index in [0.717, 1.165) is 10.6 Å². The first kappa shape index (κ1) is 12.6. The number of hydrogen-bond acceptors (Lipinski definition) is 2. The van der Waals surface area contributed by atoms with Crippen molar-refractivity contribution in [2.75, 3.05) is 0 Å². The fourth-order valence-electron chi connectivity index (χ4n) is 1.10. The minimum atomic E-state index is 0.278. The fraction of sp³-hybridized carbons (Fsp3) is 0.0769. The van der Waals surface area contributed by atoms with Crippen LogP contribution >= 0.6 is 11.6 Å². The van der Waals surface area contributed by atoms with Gasteiger partial charge in [0.05, 0.1) is 0 Å². The number of phenolic OH excluding ortho intramolecular Hbond substituents is 1. The molecule has 0 atom stereocenters. The van der Waals surface area contributed by atoms with Crippen LogP contribution in [0.2, 0.25) is 5.02 Å². The molecule has 16 heavy (non-hydrogen) atoms. The molecule has 0 bridgehead atoms. The standard InChI is InChI=1S/C7H9NO.C6H5Cl/c8-5-6-3-1-2-4-7(6)9;7-6-4-2-1-3-5-6/h1-4,9H,5,8H2;1-5H. The third kappa shape index (κ3) is 4.34. The van der Waals surface area contributed by atoms with E-state index in [1.807, 2.05) is 36.4 Å². The first-order valence-corrected chi connectivity index (χ1v) is 5.29. The quantitative estimate of drug-likeness (QED) is 0.798. The molecule has 0 aliphatic carbocycles. The minimum Gasteiger partial charge on any atom is -0.508 e. The van der Waals surface area contributed by atoms with Crippen molar-refractivity contribution in [1.82, 2.24) is 0 Å². The minimum absolute atomic E-state index is 0.278. The van der Waals surface area contributed by atoms with Crippen LogP contribution in [0.4, 0.5) is 0 Å². The summed E-state index contributed by atoms with van der Waals surface area (Å²) in [6.07, 6.45) is 0. The van der Waals surface area contributed by atoms with E-state index in [0.29, 0.717) is 6.54 Å². The van der Waals surface area contributed by atoms with Gasteiger partial charge in [0.2, 0.25) is 0 Å². The molecule has 84 valence electrons. The molecule has 0 amide bonds. The second-order valence-corrected chi connectivity index (χ2v) is 3.56. The Kier molecular flexibility index (Phi) is 5.40. The van der Waals surface area contributed by atoms with Crippen molar-refractivity contribution in [1.29, 1.82) is 0 Å². The Hall–Kier alpha value is -1.51. The van der Waals surface area contributed by atoms with Gasteiger partial charge in [-0.1, -0.05) is 48.0 Å². The molecule has 0 saturated carbocycles. The van der Waals surface area contributed by atoms with Gasteiger partial charge in [0.25, 0.3) is 0 Å². The highest BCUT2D eigenvalue weighted by Crippen LogP contribution is 2.13. The number of para-hydroxylation sites is 1. The lowest BCUT2D eigenvalue weighted by Gasteiger charge is -1.97. The predicted octanol–water partition coefficient (Wildman–Crippen LogP) is 3.19. The molecule has 0 saturated heterocycles. The summed E-state index contributed by atoms with van der Waals surface area (Å²) in [4.78, 5) is 0. The topological polar surface area (TPSA) is 46.2 Å². The summed E-state index contributed by atoms with van der Waals surface area (Å²) < 4.78 is 0. The normalized spacial score (nSPS) is 9.12. The highest BCUT2D eigenvalue weighted by molar-refractivity contribution is 6.30. The second-order valence-electron chi connectivity index (χ2n) is 3.13. The Bertz CT molecular complexity index is 417. The van der Waals surface area contributed by atoms with Gasteiger partial charge in [-0.25, -0.2) is 0 Å². The highest BCUT2D eigenvalue weighted by Gasteiger charge is 1.92. The van der Waals surface area contributed by atoms with E-state index in [2.05, 4.69) is 0 Å². The highest BCUT2D eigenvalue weighted by atomic mass is 35.5. The average Bonchev–Trinajstić information content (AvgIpc) is 2.31. The van der Waals surface area contributed by atoms with Crippen LogP contribution in [-0.2, 0) is 6.54 Å². The lowest BCUT2D eigenvalue weighted by Crippen LogP contribution is -1.95. The monoisotopic (exact) mass is 235 g/mol. The van der Waals surface area contributed by atoms with E-state index in [-0.39, 0.29) is 5.75 Å². The molecule has 2 rings (SSSR count). The predicted molar refractivity (Wildman–Crippen MR) is 67.5 cm³/mol. The molecule has 0 radical (unpaired) electrons. The molecule has 0 aliphatic rings. The van der Waals surface area contributed by atoms with Crippen LogP contribution in [0.1, 0.15) is 5.56 Å². The molecule has 0 spiro atoms. The van der Waals surface area contributed by atoms with Gasteiger partial charge in [-0.2, -0.15) is 0 Å². The van der Waals surface area contributed by atoms with Crippen LogP contribution in [0.3, 0.4) is 0 Å². The molecule has 2 nitrogen and oxygen atoms in total. The van der Waals surface area contributed by atoms with Gasteiger partial charge in [0, 0.05) is 17.1 Å². The first-order valence-electron chi connectivity index (χ1n) is 4.91. The molecule has 3 heteroatoms. The molecular formula is C13H14ClNO. The number of aromatic hydroxyl groups is 1. The van der Waals surface area contributed by atoms with Crippen LogP contribution in [-0.4, -0.2) is 5.11 Å². The summed E-state index contributed by atoms with van der Waals surface area (Å²) in [5.41, 5.74) is 6.08. The molecule has 0 aliphatic heterocycles. The molecule has 3 N–H and O–H groups in total. The fourth-order valence-corrected chi connectivity index (χ4v) is 1.24. The molecule has 0 unspecified atom stereocenters. The van der Waals surface area contributed by atoms with Crippen molar-refractivity contribution < 1.29 is 5.11 Å². The zero-order valence-corrected chi connectivity index (χ0v) is 9.56. The number of hydrogen-bond donors (Lipinski definition) is 2. The Balaban J connectivity index is 0.000000165. The number of rotatable bonds is 1. The Labute approximate surface area is 100 Å².